The average Bonchev–Trinajstić information content (AvgIpc) is 1.37. The zero-order chi connectivity index (χ0) is 3.41. The number of hydrogen-bond acceptors (Lipinski definition) is 1. The minimum Gasteiger partial charge on any atom is -0.362 e. The Morgan fingerprint density at radius 1 is 1.80 bits per heavy atom. The summed E-state index contributed by atoms with van der Waals surface area (Å²) in [6.07, 6.45) is 0.625. The number of rotatable bonds is 1. The van der Waals surface area contributed by atoms with Crippen LogP contribution in [0.2, 0.25) is 0 Å². The van der Waals surface area contributed by atoms with Gasteiger partial charge in [0.25, 0.3) is 0 Å². The van der Waals surface area contributed by atoms with E-state index in [9.17, 15) is 0 Å². The van der Waals surface area contributed by atoms with E-state index in [-0.39, 0.29) is 16.5 Å². The topological polar surface area (TPSA) is 29.1 Å². The maximum atomic E-state index is 9.06. The van der Waals surface area contributed by atoms with E-state index in [0.717, 1.165) is 0 Å². The third-order valence-electron chi connectivity index (χ3n) is 0.118. The van der Waals surface area contributed by atoms with Crippen molar-refractivity contribution in [3.05, 3.63) is 0 Å². The first-order chi connectivity index (χ1) is 1.91. The van der Waals surface area contributed by atoms with Crippen molar-refractivity contribution in [3.63, 3.8) is 0 Å². The monoisotopic (exact) mass is 117 g/mol. The van der Waals surface area contributed by atoms with Crippen molar-refractivity contribution in [1.82, 2.24) is 5.32 Å². The fraction of sp³-hybridized carbons (Fsp3) is 0.500. The van der Waals surface area contributed by atoms with Gasteiger partial charge in [-0.3, -0.25) is 4.79 Å². The van der Waals surface area contributed by atoms with Gasteiger partial charge < -0.3 is 5.32 Å². The molecule has 5 heavy (non-hydrogen) atoms. The minimum atomic E-state index is 0. The van der Waals surface area contributed by atoms with Crippen molar-refractivity contribution in [2.24, 2.45) is 0 Å². The number of amides is 1. The Kier molecular flexibility index (Phi) is 16.0. The smallest absolute Gasteiger partial charge is 0.206 e. The van der Waals surface area contributed by atoms with Gasteiger partial charge in [0, 0.05) is 23.5 Å². The molecular formula is C2H5NNiO. The van der Waals surface area contributed by atoms with Crippen molar-refractivity contribution in [2.75, 3.05) is 7.05 Å². The maximum Gasteiger partial charge on any atom is 0.206 e. The Labute approximate surface area is 40.9 Å². The van der Waals surface area contributed by atoms with Crippen LogP contribution in [0.1, 0.15) is 0 Å². The van der Waals surface area contributed by atoms with E-state index in [2.05, 4.69) is 5.32 Å². The summed E-state index contributed by atoms with van der Waals surface area (Å²) in [5.41, 5.74) is 0. The predicted octanol–water partition coefficient (Wildman–Crippen LogP) is -0.640. The third-order valence-corrected chi connectivity index (χ3v) is 0.118. The zero-order valence-corrected chi connectivity index (χ0v) is 3.79. The fourth-order valence-electron chi connectivity index (χ4n) is 0. The molecule has 0 aromatic rings. The molecule has 0 rings (SSSR count). The van der Waals surface area contributed by atoms with E-state index in [4.69, 9.17) is 4.79 Å². The zero-order valence-electron chi connectivity index (χ0n) is 2.80. The molecule has 34 valence electrons. The van der Waals surface area contributed by atoms with Crippen LogP contribution >= 0.6 is 0 Å². The molecule has 2 nitrogen and oxygen atoms in total. The summed E-state index contributed by atoms with van der Waals surface area (Å²) in [6, 6.07) is 0. The molecule has 0 aliphatic heterocycles. The largest absolute Gasteiger partial charge is 0.362 e. The summed E-state index contributed by atoms with van der Waals surface area (Å²) in [6.45, 7) is 0. The van der Waals surface area contributed by atoms with Crippen LogP contribution in [0, 0.1) is 0 Å². The maximum absolute atomic E-state index is 9.06. The first kappa shape index (κ1) is 8.88. The molecule has 0 radical (unpaired) electrons. The van der Waals surface area contributed by atoms with Gasteiger partial charge in [-0.1, -0.05) is 0 Å². The molecule has 0 saturated carbocycles. The van der Waals surface area contributed by atoms with Gasteiger partial charge >= 0.3 is 0 Å². The number of carbonyl (C=O) groups excluding carboxylic acids is 1. The molecule has 1 N–H and O–H groups in total. The molecule has 0 saturated heterocycles. The van der Waals surface area contributed by atoms with Gasteiger partial charge in [0.1, 0.15) is 0 Å². The van der Waals surface area contributed by atoms with Crippen molar-refractivity contribution in [1.29, 1.82) is 0 Å². The molecule has 0 unspecified atom stereocenters. The Morgan fingerprint density at radius 2 is 2.00 bits per heavy atom. The van der Waals surface area contributed by atoms with E-state index in [1.54, 1.807) is 7.05 Å². The molecule has 0 heterocycles. The second kappa shape index (κ2) is 9.03. The van der Waals surface area contributed by atoms with Crippen molar-refractivity contribution >= 4 is 6.41 Å². The predicted molar refractivity (Wildman–Crippen MR) is 15.1 cm³/mol. The van der Waals surface area contributed by atoms with Gasteiger partial charge in [-0.05, 0) is 0 Å². The number of nitrogens with one attached hydrogen (secondary N) is 1. The Bertz CT molecular complexity index is 23.6. The molecule has 0 fully saturated rings. The van der Waals surface area contributed by atoms with Crippen molar-refractivity contribution in [3.8, 4) is 0 Å². The first-order valence-corrected chi connectivity index (χ1v) is 1.02. The minimum absolute atomic E-state index is 0. The number of hydrogen-bond donors (Lipinski definition) is 1. The van der Waals surface area contributed by atoms with Gasteiger partial charge in [-0.25, -0.2) is 0 Å². The van der Waals surface area contributed by atoms with Crippen LogP contribution in [0.5, 0.6) is 0 Å². The van der Waals surface area contributed by atoms with Crippen LogP contribution in [0.3, 0.4) is 0 Å². The van der Waals surface area contributed by atoms with Crippen LogP contribution in [-0.2, 0) is 21.3 Å². The molecule has 0 aromatic carbocycles. The van der Waals surface area contributed by atoms with Gasteiger partial charge in [0.2, 0.25) is 6.41 Å². The second-order valence-electron chi connectivity index (χ2n) is 0.407. The Balaban J connectivity index is 0. The van der Waals surface area contributed by atoms with E-state index < -0.39 is 0 Å². The second-order valence-corrected chi connectivity index (χ2v) is 0.407. The van der Waals surface area contributed by atoms with E-state index in [0.29, 0.717) is 6.41 Å². The Morgan fingerprint density at radius 3 is 2.00 bits per heavy atom. The van der Waals surface area contributed by atoms with Crippen LogP contribution in [0.4, 0.5) is 0 Å². The molecule has 0 aliphatic rings. The fourth-order valence-corrected chi connectivity index (χ4v) is 0. The molecule has 0 bridgehead atoms. The van der Waals surface area contributed by atoms with Gasteiger partial charge in [0.15, 0.2) is 0 Å². The molecule has 3 heteroatoms. The summed E-state index contributed by atoms with van der Waals surface area (Å²) in [7, 11) is 1.56. The summed E-state index contributed by atoms with van der Waals surface area (Å²) in [5, 5.41) is 2.25. The van der Waals surface area contributed by atoms with Crippen LogP contribution in [0.15, 0.2) is 0 Å². The van der Waals surface area contributed by atoms with Crippen molar-refractivity contribution in [2.45, 2.75) is 0 Å². The van der Waals surface area contributed by atoms with Gasteiger partial charge in [-0.2, -0.15) is 0 Å². The summed E-state index contributed by atoms with van der Waals surface area (Å²) in [5.74, 6) is 0. The van der Waals surface area contributed by atoms with Crippen LogP contribution in [0.25, 0.3) is 0 Å². The van der Waals surface area contributed by atoms with Crippen molar-refractivity contribution < 1.29 is 21.3 Å². The molecular weight excluding hydrogens is 113 g/mol. The number of carbonyl (C=O) groups is 1. The van der Waals surface area contributed by atoms with Gasteiger partial charge in [-0.15, -0.1) is 0 Å². The van der Waals surface area contributed by atoms with E-state index in [1.807, 2.05) is 0 Å². The van der Waals surface area contributed by atoms with E-state index >= 15 is 0 Å². The summed E-state index contributed by atoms with van der Waals surface area (Å²) in [4.78, 5) is 9.06. The molecule has 0 atom stereocenters. The molecule has 1 amide bonds. The van der Waals surface area contributed by atoms with Gasteiger partial charge in [0.05, 0.1) is 0 Å². The standard InChI is InChI=1S/C2H5NO.Ni/c1-3-2-4;/h2H,1H3,(H,3,4);. The summed E-state index contributed by atoms with van der Waals surface area (Å²) < 4.78 is 0. The molecule has 0 spiro atoms. The summed E-state index contributed by atoms with van der Waals surface area (Å²) >= 11 is 0. The SMILES string of the molecule is CNC=O.[Ni]. The molecule has 0 aromatic heterocycles. The van der Waals surface area contributed by atoms with Crippen LogP contribution < -0.4 is 5.32 Å². The van der Waals surface area contributed by atoms with E-state index in [1.165, 1.54) is 0 Å². The average molecular weight is 118 g/mol. The van der Waals surface area contributed by atoms with Crippen LogP contribution in [-0.4, -0.2) is 13.5 Å². The normalized spacial score (nSPS) is 4.20. The third kappa shape index (κ3) is 16.5. The first-order valence-electron chi connectivity index (χ1n) is 1.02. The quantitative estimate of drug-likeness (QED) is 0.360. The Hall–Kier alpha value is -0.0365. The molecule has 0 aliphatic carbocycles.